The van der Waals surface area contributed by atoms with Crippen molar-refractivity contribution in [2.24, 2.45) is 0 Å². The maximum absolute atomic E-state index is 12.1. The standard InChI is InChI=1S/C12H13N5O2S/c18-9(11(19)12-13-7-14-16-12)6-8-3-4-15-17(8)10-2-1-5-20-10/h1,3-5,7,10-11,19H,2,6H2,(H,13,14,16). The number of aliphatic hydroxyl groups is 1. The molecule has 2 aromatic heterocycles. The third kappa shape index (κ3) is 2.52. The van der Waals surface area contributed by atoms with Crippen LogP contribution in [0.5, 0.6) is 0 Å². The van der Waals surface area contributed by atoms with E-state index < -0.39 is 6.10 Å². The first-order valence-corrected chi connectivity index (χ1v) is 7.09. The number of aliphatic hydroxyl groups excluding tert-OH is 1. The van der Waals surface area contributed by atoms with Gasteiger partial charge in [0.05, 0.1) is 6.42 Å². The molecule has 0 aliphatic carbocycles. The number of carbonyl (C=O) groups excluding carboxylic acids is 1. The van der Waals surface area contributed by atoms with Crippen LogP contribution in [0.3, 0.4) is 0 Å². The number of aromatic nitrogens is 5. The van der Waals surface area contributed by atoms with Gasteiger partial charge in [0.15, 0.2) is 17.7 Å². The summed E-state index contributed by atoms with van der Waals surface area (Å²) in [5.41, 5.74) is 0.783. The first-order chi connectivity index (χ1) is 9.75. The zero-order valence-corrected chi connectivity index (χ0v) is 11.3. The van der Waals surface area contributed by atoms with Crippen molar-refractivity contribution in [2.75, 3.05) is 0 Å². The van der Waals surface area contributed by atoms with Gasteiger partial charge in [-0.15, -0.1) is 11.8 Å². The van der Waals surface area contributed by atoms with Crippen LogP contribution in [-0.4, -0.2) is 35.9 Å². The molecule has 0 aromatic carbocycles. The second-order valence-corrected chi connectivity index (χ2v) is 5.46. The molecule has 2 aromatic rings. The van der Waals surface area contributed by atoms with Crippen molar-refractivity contribution in [3.8, 4) is 0 Å². The first-order valence-electron chi connectivity index (χ1n) is 6.15. The van der Waals surface area contributed by atoms with Crippen LogP contribution in [0.25, 0.3) is 0 Å². The average molecular weight is 291 g/mol. The minimum absolute atomic E-state index is 0.0953. The summed E-state index contributed by atoms with van der Waals surface area (Å²) in [5, 5.41) is 22.6. The number of Topliss-reactive ketones (excluding diaryl/α,β-unsaturated/α-hetero) is 1. The molecule has 2 N–H and O–H groups in total. The third-order valence-corrected chi connectivity index (χ3v) is 4.09. The third-order valence-electron chi connectivity index (χ3n) is 3.03. The molecule has 8 heteroatoms. The second kappa shape index (κ2) is 5.59. The van der Waals surface area contributed by atoms with Crippen LogP contribution in [-0.2, 0) is 11.2 Å². The SMILES string of the molecule is O=C(Cc1ccnn1C1CC=CS1)C(O)c1nc[nH]n1. The van der Waals surface area contributed by atoms with E-state index in [1.165, 1.54) is 6.33 Å². The van der Waals surface area contributed by atoms with Crippen LogP contribution in [0.15, 0.2) is 30.1 Å². The molecule has 3 rings (SSSR count). The molecule has 0 fully saturated rings. The molecule has 1 aliphatic heterocycles. The van der Waals surface area contributed by atoms with E-state index in [9.17, 15) is 9.90 Å². The van der Waals surface area contributed by atoms with E-state index in [-0.39, 0.29) is 23.4 Å². The number of hydrogen-bond donors (Lipinski definition) is 2. The second-order valence-electron chi connectivity index (χ2n) is 4.37. The Morgan fingerprint density at radius 2 is 2.55 bits per heavy atom. The van der Waals surface area contributed by atoms with Gasteiger partial charge >= 0.3 is 0 Å². The van der Waals surface area contributed by atoms with Gasteiger partial charge < -0.3 is 5.11 Å². The lowest BCUT2D eigenvalue weighted by Crippen LogP contribution is -2.19. The summed E-state index contributed by atoms with van der Waals surface area (Å²) in [4.78, 5) is 15.9. The Labute approximate surface area is 119 Å². The van der Waals surface area contributed by atoms with Crippen molar-refractivity contribution in [1.82, 2.24) is 25.0 Å². The van der Waals surface area contributed by atoms with Gasteiger partial charge in [0.1, 0.15) is 11.7 Å². The van der Waals surface area contributed by atoms with Crippen molar-refractivity contribution in [2.45, 2.75) is 24.3 Å². The monoisotopic (exact) mass is 291 g/mol. The van der Waals surface area contributed by atoms with Gasteiger partial charge in [-0.1, -0.05) is 6.08 Å². The molecule has 2 atom stereocenters. The topological polar surface area (TPSA) is 96.7 Å². The molecule has 0 saturated carbocycles. The highest BCUT2D eigenvalue weighted by atomic mass is 32.2. The molecule has 1 aliphatic rings. The number of allylic oxidation sites excluding steroid dienone is 1. The van der Waals surface area contributed by atoms with Gasteiger partial charge in [0.2, 0.25) is 0 Å². The van der Waals surface area contributed by atoms with E-state index in [0.717, 1.165) is 12.1 Å². The zero-order chi connectivity index (χ0) is 13.9. The predicted molar refractivity (Wildman–Crippen MR) is 72.7 cm³/mol. The van der Waals surface area contributed by atoms with Crippen molar-refractivity contribution in [3.63, 3.8) is 0 Å². The summed E-state index contributed by atoms with van der Waals surface area (Å²) in [7, 11) is 0. The molecule has 0 spiro atoms. The van der Waals surface area contributed by atoms with Crippen LogP contribution in [0.2, 0.25) is 0 Å². The number of H-pyrrole nitrogens is 1. The molecular formula is C12H13N5O2S. The van der Waals surface area contributed by atoms with Gasteiger partial charge in [0, 0.05) is 11.9 Å². The van der Waals surface area contributed by atoms with Crippen LogP contribution in [0.1, 0.15) is 29.4 Å². The Balaban J connectivity index is 1.72. The van der Waals surface area contributed by atoms with E-state index >= 15 is 0 Å². The molecule has 3 heterocycles. The van der Waals surface area contributed by atoms with Gasteiger partial charge in [-0.3, -0.25) is 14.6 Å². The molecule has 2 unspecified atom stereocenters. The highest BCUT2D eigenvalue weighted by Gasteiger charge is 2.24. The van der Waals surface area contributed by atoms with Crippen molar-refractivity contribution < 1.29 is 9.90 Å². The maximum atomic E-state index is 12.1. The average Bonchev–Trinajstić information content (AvgIpc) is 3.19. The van der Waals surface area contributed by atoms with E-state index in [2.05, 4.69) is 26.4 Å². The Bertz CT molecular complexity index is 614. The summed E-state index contributed by atoms with van der Waals surface area (Å²) in [6.45, 7) is 0. The van der Waals surface area contributed by atoms with E-state index in [0.29, 0.717) is 0 Å². The quantitative estimate of drug-likeness (QED) is 0.853. The summed E-state index contributed by atoms with van der Waals surface area (Å²) in [5.74, 6) is -0.250. The fraction of sp³-hybridized carbons (Fsp3) is 0.333. The van der Waals surface area contributed by atoms with Gasteiger partial charge in [-0.2, -0.15) is 10.2 Å². The number of thioether (sulfide) groups is 1. The number of aromatic amines is 1. The normalized spacial score (nSPS) is 19.4. The minimum Gasteiger partial charge on any atom is -0.377 e. The molecule has 7 nitrogen and oxygen atoms in total. The van der Waals surface area contributed by atoms with E-state index in [4.69, 9.17) is 0 Å². The fourth-order valence-electron chi connectivity index (χ4n) is 2.04. The molecule has 20 heavy (non-hydrogen) atoms. The first kappa shape index (κ1) is 13.1. The van der Waals surface area contributed by atoms with Crippen LogP contribution < -0.4 is 0 Å². The van der Waals surface area contributed by atoms with Gasteiger partial charge in [-0.05, 0) is 17.9 Å². The maximum Gasteiger partial charge on any atom is 0.186 e. The Hall–Kier alpha value is -1.93. The Morgan fingerprint density at radius 3 is 3.25 bits per heavy atom. The predicted octanol–water partition coefficient (Wildman–Crippen LogP) is 0.996. The fourth-order valence-corrected chi connectivity index (χ4v) is 2.97. The number of rotatable bonds is 5. The lowest BCUT2D eigenvalue weighted by Gasteiger charge is -2.14. The summed E-state index contributed by atoms with van der Waals surface area (Å²) < 4.78 is 1.83. The molecule has 0 saturated heterocycles. The number of hydrogen-bond acceptors (Lipinski definition) is 6. The highest BCUT2D eigenvalue weighted by Crippen LogP contribution is 2.34. The molecule has 0 amide bonds. The molecule has 104 valence electrons. The van der Waals surface area contributed by atoms with Crippen LogP contribution in [0.4, 0.5) is 0 Å². The number of ketones is 1. The smallest absolute Gasteiger partial charge is 0.186 e. The number of nitrogens with one attached hydrogen (secondary N) is 1. The Morgan fingerprint density at radius 1 is 1.65 bits per heavy atom. The minimum atomic E-state index is -1.31. The van der Waals surface area contributed by atoms with Crippen LogP contribution in [0, 0.1) is 0 Å². The van der Waals surface area contributed by atoms with Crippen molar-refractivity contribution in [1.29, 1.82) is 0 Å². The van der Waals surface area contributed by atoms with Crippen molar-refractivity contribution in [3.05, 3.63) is 41.6 Å². The van der Waals surface area contributed by atoms with Gasteiger partial charge in [0.25, 0.3) is 0 Å². The highest BCUT2D eigenvalue weighted by molar-refractivity contribution is 8.02. The summed E-state index contributed by atoms with van der Waals surface area (Å²) >= 11 is 1.66. The number of carbonyl (C=O) groups is 1. The summed E-state index contributed by atoms with van der Waals surface area (Å²) in [6.07, 6.45) is 4.76. The summed E-state index contributed by atoms with van der Waals surface area (Å²) in [6, 6.07) is 1.79. The number of nitrogens with zero attached hydrogens (tertiary/aromatic N) is 4. The van der Waals surface area contributed by atoms with E-state index in [1.807, 2.05) is 10.1 Å². The van der Waals surface area contributed by atoms with E-state index in [1.54, 1.807) is 24.0 Å². The molecule has 0 bridgehead atoms. The lowest BCUT2D eigenvalue weighted by molar-refractivity contribution is -0.127. The van der Waals surface area contributed by atoms with Gasteiger partial charge in [-0.25, -0.2) is 4.98 Å². The molecule has 0 radical (unpaired) electrons. The molecular weight excluding hydrogens is 278 g/mol. The Kier molecular flexibility index (Phi) is 3.66. The largest absolute Gasteiger partial charge is 0.377 e. The zero-order valence-electron chi connectivity index (χ0n) is 10.5. The van der Waals surface area contributed by atoms with Crippen molar-refractivity contribution >= 4 is 17.5 Å². The lowest BCUT2D eigenvalue weighted by atomic mass is 10.1. The van der Waals surface area contributed by atoms with Crippen LogP contribution >= 0.6 is 11.8 Å².